The highest BCUT2D eigenvalue weighted by Crippen LogP contribution is 2.12. The number of anilines is 2. The van der Waals surface area contributed by atoms with Crippen LogP contribution in [0.5, 0.6) is 0 Å². The van der Waals surface area contributed by atoms with E-state index < -0.39 is 0 Å². The molecule has 2 aromatic carbocycles. The second-order valence-electron chi connectivity index (χ2n) is 5.85. The third kappa shape index (κ3) is 7.22. The molecule has 0 unspecified atom stereocenters. The van der Waals surface area contributed by atoms with Gasteiger partial charge >= 0.3 is 0 Å². The van der Waals surface area contributed by atoms with Gasteiger partial charge in [0, 0.05) is 31.0 Å². The lowest BCUT2D eigenvalue weighted by Crippen LogP contribution is -2.35. The van der Waals surface area contributed by atoms with E-state index in [0.717, 1.165) is 44.2 Å². The third-order valence-electron chi connectivity index (χ3n) is 3.97. The molecule has 1 aliphatic rings. The Bertz CT molecular complexity index is 648. The number of hydrogen-bond acceptors (Lipinski definition) is 4. The summed E-state index contributed by atoms with van der Waals surface area (Å²) in [6.07, 6.45) is 0. The van der Waals surface area contributed by atoms with Crippen LogP contribution in [-0.2, 0) is 16.1 Å². The number of amides is 1. The van der Waals surface area contributed by atoms with Crippen LogP contribution in [0.25, 0.3) is 0 Å². The summed E-state index contributed by atoms with van der Waals surface area (Å²) in [5.74, 6) is -0.0558. The van der Waals surface area contributed by atoms with Crippen molar-refractivity contribution in [2.24, 2.45) is 0 Å². The maximum atomic E-state index is 12.0. The Morgan fingerprint density at radius 1 is 0.923 bits per heavy atom. The number of nitrogens with zero attached hydrogens (tertiary/aromatic N) is 1. The standard InChI is InChI=1S/C19H23N3O2.2ClH/c23-19(14-20-17-4-2-1-3-5-17)21-18-8-6-16(7-9-18)15-22-10-12-24-13-11-22;;/h1-9,20H,10-15H2,(H,21,23);2*1H. The van der Waals surface area contributed by atoms with Crippen molar-refractivity contribution in [3.63, 3.8) is 0 Å². The molecule has 0 bridgehead atoms. The van der Waals surface area contributed by atoms with Crippen molar-refractivity contribution in [1.29, 1.82) is 0 Å². The number of halogens is 2. The van der Waals surface area contributed by atoms with Gasteiger partial charge in [0.15, 0.2) is 0 Å². The zero-order valence-corrected chi connectivity index (χ0v) is 16.2. The summed E-state index contributed by atoms with van der Waals surface area (Å²) in [6, 6.07) is 17.7. The normalized spacial score (nSPS) is 13.8. The second-order valence-corrected chi connectivity index (χ2v) is 5.85. The summed E-state index contributed by atoms with van der Waals surface area (Å²) in [7, 11) is 0. The molecule has 1 fully saturated rings. The van der Waals surface area contributed by atoms with Crippen LogP contribution in [-0.4, -0.2) is 43.7 Å². The molecule has 0 aromatic heterocycles. The molecule has 0 radical (unpaired) electrons. The van der Waals surface area contributed by atoms with Gasteiger partial charge < -0.3 is 15.4 Å². The third-order valence-corrected chi connectivity index (χ3v) is 3.97. The molecule has 0 aliphatic carbocycles. The SMILES string of the molecule is Cl.Cl.O=C(CNc1ccccc1)Nc1ccc(CN2CCOCC2)cc1. The smallest absolute Gasteiger partial charge is 0.243 e. The number of para-hydroxylation sites is 1. The molecule has 1 aliphatic heterocycles. The molecule has 1 amide bonds. The maximum absolute atomic E-state index is 12.0. The zero-order valence-electron chi connectivity index (χ0n) is 14.5. The lowest BCUT2D eigenvalue weighted by Gasteiger charge is -2.26. The topological polar surface area (TPSA) is 53.6 Å². The number of carbonyl (C=O) groups excluding carboxylic acids is 1. The molecule has 1 heterocycles. The predicted molar refractivity (Wildman–Crippen MR) is 111 cm³/mol. The Balaban J connectivity index is 0.00000169. The van der Waals surface area contributed by atoms with Gasteiger partial charge in [-0.1, -0.05) is 30.3 Å². The first kappa shape index (κ1) is 22.3. The predicted octanol–water partition coefficient (Wildman–Crippen LogP) is 3.41. The van der Waals surface area contributed by atoms with Gasteiger partial charge in [0.2, 0.25) is 5.91 Å². The summed E-state index contributed by atoms with van der Waals surface area (Å²) in [6.45, 7) is 4.74. The number of ether oxygens (including phenoxy) is 1. The van der Waals surface area contributed by atoms with E-state index in [0.29, 0.717) is 0 Å². The van der Waals surface area contributed by atoms with Crippen LogP contribution in [0.1, 0.15) is 5.56 Å². The van der Waals surface area contributed by atoms with E-state index in [4.69, 9.17) is 4.74 Å². The first-order valence-corrected chi connectivity index (χ1v) is 8.27. The average molecular weight is 398 g/mol. The van der Waals surface area contributed by atoms with Crippen molar-refractivity contribution in [2.75, 3.05) is 43.5 Å². The van der Waals surface area contributed by atoms with Crippen molar-refractivity contribution >= 4 is 42.1 Å². The van der Waals surface area contributed by atoms with Crippen molar-refractivity contribution in [3.8, 4) is 0 Å². The first-order chi connectivity index (χ1) is 11.8. The van der Waals surface area contributed by atoms with Gasteiger partial charge in [-0.05, 0) is 29.8 Å². The van der Waals surface area contributed by atoms with E-state index in [-0.39, 0.29) is 37.3 Å². The molecule has 0 saturated carbocycles. The first-order valence-electron chi connectivity index (χ1n) is 8.27. The average Bonchev–Trinajstić information content (AvgIpc) is 2.63. The van der Waals surface area contributed by atoms with Crippen LogP contribution < -0.4 is 10.6 Å². The Morgan fingerprint density at radius 3 is 2.23 bits per heavy atom. The highest BCUT2D eigenvalue weighted by Gasteiger charge is 2.10. The largest absolute Gasteiger partial charge is 0.379 e. The fourth-order valence-corrected chi connectivity index (χ4v) is 2.65. The lowest BCUT2D eigenvalue weighted by atomic mass is 10.2. The summed E-state index contributed by atoms with van der Waals surface area (Å²) in [4.78, 5) is 14.4. The van der Waals surface area contributed by atoms with Gasteiger partial charge in [-0.2, -0.15) is 0 Å². The number of nitrogens with one attached hydrogen (secondary N) is 2. The lowest BCUT2D eigenvalue weighted by molar-refractivity contribution is -0.114. The van der Waals surface area contributed by atoms with Gasteiger partial charge in [-0.25, -0.2) is 0 Å². The minimum Gasteiger partial charge on any atom is -0.379 e. The van der Waals surface area contributed by atoms with Crippen molar-refractivity contribution in [3.05, 3.63) is 60.2 Å². The summed E-state index contributed by atoms with van der Waals surface area (Å²) < 4.78 is 5.36. The minimum absolute atomic E-state index is 0. The molecular weight excluding hydrogens is 373 g/mol. The molecule has 26 heavy (non-hydrogen) atoms. The highest BCUT2D eigenvalue weighted by atomic mass is 35.5. The van der Waals surface area contributed by atoms with E-state index in [9.17, 15) is 4.79 Å². The van der Waals surface area contributed by atoms with Crippen molar-refractivity contribution in [1.82, 2.24) is 4.90 Å². The number of rotatable bonds is 6. The Kier molecular flexibility index (Phi) is 10.1. The number of hydrogen-bond donors (Lipinski definition) is 2. The van der Waals surface area contributed by atoms with Gasteiger partial charge in [0.05, 0.1) is 19.8 Å². The van der Waals surface area contributed by atoms with Gasteiger partial charge in [-0.3, -0.25) is 9.69 Å². The Hall–Kier alpha value is -1.79. The van der Waals surface area contributed by atoms with Gasteiger partial charge in [0.25, 0.3) is 0 Å². The summed E-state index contributed by atoms with van der Waals surface area (Å²) in [5, 5.41) is 6.01. The van der Waals surface area contributed by atoms with E-state index >= 15 is 0 Å². The van der Waals surface area contributed by atoms with Crippen molar-refractivity contribution < 1.29 is 9.53 Å². The minimum atomic E-state index is -0.0558. The van der Waals surface area contributed by atoms with Gasteiger partial charge in [-0.15, -0.1) is 24.8 Å². The molecule has 3 rings (SSSR count). The molecule has 2 N–H and O–H groups in total. The van der Waals surface area contributed by atoms with E-state index in [1.807, 2.05) is 42.5 Å². The number of benzene rings is 2. The van der Waals surface area contributed by atoms with Crippen molar-refractivity contribution in [2.45, 2.75) is 6.54 Å². The fourth-order valence-electron chi connectivity index (χ4n) is 2.65. The monoisotopic (exact) mass is 397 g/mol. The van der Waals surface area contributed by atoms with Crippen LogP contribution >= 0.6 is 24.8 Å². The summed E-state index contributed by atoms with van der Waals surface area (Å²) >= 11 is 0. The maximum Gasteiger partial charge on any atom is 0.243 e. The zero-order chi connectivity index (χ0) is 16.6. The van der Waals surface area contributed by atoms with Crippen LogP contribution in [0.3, 0.4) is 0 Å². The van der Waals surface area contributed by atoms with E-state index in [1.54, 1.807) is 0 Å². The fraction of sp³-hybridized carbons (Fsp3) is 0.316. The van der Waals surface area contributed by atoms with Crippen LogP contribution in [0, 0.1) is 0 Å². The molecule has 0 atom stereocenters. The Labute approximate surface area is 166 Å². The van der Waals surface area contributed by atoms with E-state index in [2.05, 4.69) is 27.7 Å². The number of morpholine rings is 1. The number of carbonyl (C=O) groups is 1. The van der Waals surface area contributed by atoms with Crippen LogP contribution in [0.4, 0.5) is 11.4 Å². The molecule has 7 heteroatoms. The van der Waals surface area contributed by atoms with Crippen LogP contribution in [0.2, 0.25) is 0 Å². The van der Waals surface area contributed by atoms with Crippen LogP contribution in [0.15, 0.2) is 54.6 Å². The molecule has 142 valence electrons. The van der Waals surface area contributed by atoms with E-state index in [1.165, 1.54) is 5.56 Å². The summed E-state index contributed by atoms with van der Waals surface area (Å²) in [5.41, 5.74) is 3.01. The molecule has 1 saturated heterocycles. The quantitative estimate of drug-likeness (QED) is 0.783. The van der Waals surface area contributed by atoms with Gasteiger partial charge in [0.1, 0.15) is 0 Å². The Morgan fingerprint density at radius 2 is 1.58 bits per heavy atom. The highest BCUT2D eigenvalue weighted by molar-refractivity contribution is 5.93. The molecule has 0 spiro atoms. The molecule has 2 aromatic rings. The second kappa shape index (κ2) is 11.8. The molecular formula is C19H25Cl2N3O2. The molecule has 5 nitrogen and oxygen atoms in total.